The molecule has 0 saturated heterocycles. The number of rotatable bonds is 2. The smallest absolute Gasteiger partial charge is 0.134 e. The molecule has 0 aliphatic carbocycles. The molecule has 1 aliphatic rings. The van der Waals surface area contributed by atoms with Crippen LogP contribution in [-0.4, -0.2) is 16.1 Å². The van der Waals surface area contributed by atoms with Crippen molar-refractivity contribution in [2.24, 2.45) is 4.99 Å². The van der Waals surface area contributed by atoms with Gasteiger partial charge in [-0.1, -0.05) is 30.3 Å². The lowest BCUT2D eigenvalue weighted by Crippen LogP contribution is -2.11. The van der Waals surface area contributed by atoms with Crippen LogP contribution in [0.5, 0.6) is 0 Å². The minimum Gasteiger partial charge on any atom is -0.331 e. The molecular formula is C12H12N4. The molecule has 0 radical (unpaired) electrons. The number of aromatic nitrogens is 2. The van der Waals surface area contributed by atoms with Gasteiger partial charge in [0.15, 0.2) is 0 Å². The predicted octanol–water partition coefficient (Wildman–Crippen LogP) is 1.89. The molecule has 0 saturated carbocycles. The molecule has 3 rings (SSSR count). The van der Waals surface area contributed by atoms with Crippen LogP contribution in [0.3, 0.4) is 0 Å². The number of hydrogen-bond donors (Lipinski definition) is 1. The summed E-state index contributed by atoms with van der Waals surface area (Å²) in [4.78, 5) is 4.15. The monoisotopic (exact) mass is 212 g/mol. The van der Waals surface area contributed by atoms with E-state index in [4.69, 9.17) is 0 Å². The Morgan fingerprint density at radius 1 is 1.25 bits per heavy atom. The fraction of sp³-hybridized carbons (Fsp3) is 0.167. The van der Waals surface area contributed by atoms with Gasteiger partial charge in [0, 0.05) is 5.56 Å². The average molecular weight is 212 g/mol. The molecule has 1 N–H and O–H groups in total. The van der Waals surface area contributed by atoms with Gasteiger partial charge < -0.3 is 5.32 Å². The minimum atomic E-state index is 0.719. The first-order valence-corrected chi connectivity index (χ1v) is 5.27. The van der Waals surface area contributed by atoms with Crippen molar-refractivity contribution < 1.29 is 0 Å². The van der Waals surface area contributed by atoms with Crippen molar-refractivity contribution in [3.8, 4) is 0 Å². The third-order valence-corrected chi connectivity index (χ3v) is 2.64. The molecule has 1 aliphatic heterocycles. The first kappa shape index (κ1) is 9.15. The maximum atomic E-state index is 4.37. The highest BCUT2D eigenvalue weighted by atomic mass is 15.3. The fourth-order valence-corrected chi connectivity index (χ4v) is 1.83. The second-order valence-corrected chi connectivity index (χ2v) is 3.78. The topological polar surface area (TPSA) is 42.2 Å². The molecule has 0 fully saturated rings. The molecule has 4 nitrogen and oxygen atoms in total. The van der Waals surface area contributed by atoms with E-state index in [0.29, 0.717) is 0 Å². The van der Waals surface area contributed by atoms with E-state index < -0.39 is 0 Å². The highest BCUT2D eigenvalue weighted by Crippen LogP contribution is 2.19. The lowest BCUT2D eigenvalue weighted by Gasteiger charge is -2.11. The molecule has 0 amide bonds. The second kappa shape index (κ2) is 3.81. The van der Waals surface area contributed by atoms with Gasteiger partial charge in [-0.3, -0.25) is 4.99 Å². The third kappa shape index (κ3) is 1.58. The first-order valence-electron chi connectivity index (χ1n) is 5.27. The Morgan fingerprint density at radius 2 is 2.12 bits per heavy atom. The summed E-state index contributed by atoms with van der Waals surface area (Å²) >= 11 is 0. The van der Waals surface area contributed by atoms with E-state index in [9.17, 15) is 0 Å². The molecule has 0 atom stereocenters. The lowest BCUT2D eigenvalue weighted by molar-refractivity contribution is 0.695. The minimum absolute atomic E-state index is 0.719. The van der Waals surface area contributed by atoms with Gasteiger partial charge in [0.05, 0.1) is 25.6 Å². The standard InChI is InChI=1S/C12H12N4/c1-2-4-10(5-3-1)8-16-12-11(7-15-16)6-13-9-14-12/h1-5,7,9H,6,8H2,(H,13,14). The number of aliphatic imine (C=N–C) groups is 1. The molecule has 16 heavy (non-hydrogen) atoms. The van der Waals surface area contributed by atoms with Gasteiger partial charge in [-0.05, 0) is 5.56 Å². The van der Waals surface area contributed by atoms with Crippen molar-refractivity contribution in [3.63, 3.8) is 0 Å². The molecule has 0 spiro atoms. The maximum Gasteiger partial charge on any atom is 0.134 e. The van der Waals surface area contributed by atoms with Crippen molar-refractivity contribution in [1.29, 1.82) is 0 Å². The number of nitrogens with one attached hydrogen (secondary N) is 1. The Bertz CT molecular complexity index is 513. The summed E-state index contributed by atoms with van der Waals surface area (Å²) in [5.74, 6) is 1.05. The Hall–Kier alpha value is -2.10. The fourth-order valence-electron chi connectivity index (χ4n) is 1.83. The van der Waals surface area contributed by atoms with Crippen molar-refractivity contribution in [2.45, 2.75) is 13.1 Å². The summed E-state index contributed by atoms with van der Waals surface area (Å²) in [6.45, 7) is 1.51. The molecular weight excluding hydrogens is 200 g/mol. The van der Waals surface area contributed by atoms with E-state index in [2.05, 4.69) is 27.5 Å². The van der Waals surface area contributed by atoms with E-state index >= 15 is 0 Å². The largest absolute Gasteiger partial charge is 0.331 e. The Balaban J connectivity index is 1.89. The molecule has 0 bridgehead atoms. The van der Waals surface area contributed by atoms with Crippen molar-refractivity contribution in [1.82, 2.24) is 9.78 Å². The third-order valence-electron chi connectivity index (χ3n) is 2.64. The number of hydrogen-bond acceptors (Lipinski definition) is 3. The van der Waals surface area contributed by atoms with E-state index in [-0.39, 0.29) is 0 Å². The van der Waals surface area contributed by atoms with Crippen molar-refractivity contribution >= 4 is 12.2 Å². The van der Waals surface area contributed by atoms with Crippen LogP contribution in [0.4, 0.5) is 5.82 Å². The van der Waals surface area contributed by atoms with Gasteiger partial charge in [0.1, 0.15) is 5.82 Å². The van der Waals surface area contributed by atoms with Crippen LogP contribution in [0.15, 0.2) is 41.5 Å². The van der Waals surface area contributed by atoms with Crippen LogP contribution in [0, 0.1) is 0 Å². The van der Waals surface area contributed by atoms with Gasteiger partial charge in [-0.15, -0.1) is 0 Å². The number of benzene rings is 1. The summed E-state index contributed by atoms with van der Waals surface area (Å²) in [6, 6.07) is 10.3. The van der Waals surface area contributed by atoms with Crippen LogP contribution in [-0.2, 0) is 13.1 Å². The number of fused-ring (bicyclic) bond motifs is 1. The van der Waals surface area contributed by atoms with E-state index in [0.717, 1.165) is 24.5 Å². The molecule has 1 aromatic carbocycles. The SMILES string of the molecule is C1=NCc2cnn(Cc3ccccc3)c2N1. The van der Waals surface area contributed by atoms with E-state index in [1.165, 1.54) is 5.56 Å². The number of anilines is 1. The molecule has 4 heteroatoms. The summed E-state index contributed by atoms with van der Waals surface area (Å²) in [5.41, 5.74) is 2.40. The van der Waals surface area contributed by atoms with Crippen LogP contribution in [0.1, 0.15) is 11.1 Å². The first-order chi connectivity index (χ1) is 7.93. The van der Waals surface area contributed by atoms with Crippen LogP contribution in [0.25, 0.3) is 0 Å². The van der Waals surface area contributed by atoms with Crippen molar-refractivity contribution in [3.05, 3.63) is 47.7 Å². The summed E-state index contributed by atoms with van der Waals surface area (Å²) in [5, 5.41) is 7.51. The normalized spacial score (nSPS) is 13.2. The van der Waals surface area contributed by atoms with Gasteiger partial charge in [0.2, 0.25) is 0 Å². The van der Waals surface area contributed by atoms with Gasteiger partial charge in [-0.25, -0.2) is 4.68 Å². The van der Waals surface area contributed by atoms with Crippen LogP contribution < -0.4 is 5.32 Å². The molecule has 2 aromatic rings. The zero-order valence-electron chi connectivity index (χ0n) is 8.80. The van der Waals surface area contributed by atoms with Gasteiger partial charge in [0.25, 0.3) is 0 Å². The Morgan fingerprint density at radius 3 is 3.00 bits per heavy atom. The van der Waals surface area contributed by atoms with E-state index in [1.54, 1.807) is 6.34 Å². The summed E-state index contributed by atoms with van der Waals surface area (Å²) in [7, 11) is 0. The van der Waals surface area contributed by atoms with Crippen LogP contribution in [0.2, 0.25) is 0 Å². The maximum absolute atomic E-state index is 4.37. The zero-order valence-corrected chi connectivity index (χ0v) is 8.80. The van der Waals surface area contributed by atoms with Crippen LogP contribution >= 0.6 is 0 Å². The molecule has 1 aromatic heterocycles. The zero-order chi connectivity index (χ0) is 10.8. The van der Waals surface area contributed by atoms with Gasteiger partial charge in [-0.2, -0.15) is 5.10 Å². The Labute approximate surface area is 93.6 Å². The highest BCUT2D eigenvalue weighted by molar-refractivity contribution is 5.77. The van der Waals surface area contributed by atoms with Crippen molar-refractivity contribution in [2.75, 3.05) is 5.32 Å². The summed E-state index contributed by atoms with van der Waals surface area (Å²) < 4.78 is 1.97. The van der Waals surface area contributed by atoms with E-state index in [1.807, 2.05) is 29.1 Å². The Kier molecular flexibility index (Phi) is 2.18. The predicted molar refractivity (Wildman–Crippen MR) is 63.6 cm³/mol. The molecule has 0 unspecified atom stereocenters. The molecule has 80 valence electrons. The average Bonchev–Trinajstić information content (AvgIpc) is 2.74. The summed E-state index contributed by atoms with van der Waals surface area (Å²) in [6.07, 6.45) is 3.60. The lowest BCUT2D eigenvalue weighted by atomic mass is 10.2. The highest BCUT2D eigenvalue weighted by Gasteiger charge is 2.11. The quantitative estimate of drug-likeness (QED) is 0.826. The van der Waals surface area contributed by atoms with Gasteiger partial charge >= 0.3 is 0 Å². The number of nitrogens with zero attached hydrogens (tertiary/aromatic N) is 3. The second-order valence-electron chi connectivity index (χ2n) is 3.78. The molecule has 2 heterocycles.